The molecule has 7 heteroatoms. The molecule has 6 unspecified atom stereocenters. The fourth-order valence-corrected chi connectivity index (χ4v) is 1.67. The molecule has 7 nitrogen and oxygen atoms in total. The largest absolute Gasteiger partial charge is 0.390 e. The molecule has 1 aliphatic heterocycles. The first-order valence-electron chi connectivity index (χ1n) is 3.90. The molecule has 0 bridgehead atoms. The van der Waals surface area contributed by atoms with Crippen molar-refractivity contribution in [1.29, 1.82) is 0 Å². The van der Waals surface area contributed by atoms with Crippen LogP contribution < -0.4 is 0 Å². The predicted octanol–water partition coefficient (Wildman–Crippen LogP) is -1.47. The van der Waals surface area contributed by atoms with Crippen molar-refractivity contribution in [3.63, 3.8) is 0 Å². The number of hydrogen-bond acceptors (Lipinski definition) is 5. The predicted molar refractivity (Wildman–Crippen MR) is 39.6 cm³/mol. The van der Waals surface area contributed by atoms with Crippen LogP contribution in [0.3, 0.4) is 0 Å². The molecule has 0 aromatic heterocycles. The molecule has 6 atom stereocenters. The van der Waals surface area contributed by atoms with Crippen LogP contribution in [-0.2, 0) is 4.74 Å². The van der Waals surface area contributed by atoms with Crippen LogP contribution in [0.5, 0.6) is 0 Å². The van der Waals surface area contributed by atoms with Gasteiger partial charge < -0.3 is 20.1 Å². The maximum Gasteiger partial charge on any atom is 0.115 e. The second-order valence-electron chi connectivity index (χ2n) is 3.23. The molecular formula is C6H9N3O4. The zero-order valence-electron chi connectivity index (χ0n) is 6.56. The quantitative estimate of drug-likeness (QED) is 0.201. The summed E-state index contributed by atoms with van der Waals surface area (Å²) in [5, 5.41) is 31.4. The lowest BCUT2D eigenvalue weighted by atomic mass is 9.88. The van der Waals surface area contributed by atoms with Crippen LogP contribution >= 0.6 is 0 Å². The van der Waals surface area contributed by atoms with Gasteiger partial charge in [0.25, 0.3) is 0 Å². The number of nitrogens with zero attached hydrogens (tertiary/aromatic N) is 3. The molecule has 1 saturated heterocycles. The topological polar surface area (TPSA) is 122 Å². The minimum absolute atomic E-state index is 0.506. The molecule has 1 heterocycles. The molecule has 13 heavy (non-hydrogen) atoms. The summed E-state index contributed by atoms with van der Waals surface area (Å²) >= 11 is 0. The van der Waals surface area contributed by atoms with E-state index in [9.17, 15) is 15.3 Å². The van der Waals surface area contributed by atoms with Gasteiger partial charge in [0.1, 0.15) is 18.3 Å². The Morgan fingerprint density at radius 3 is 2.31 bits per heavy atom. The lowest BCUT2D eigenvalue weighted by molar-refractivity contribution is -0.0483. The molecule has 2 rings (SSSR count). The Kier molecular flexibility index (Phi) is 1.90. The third-order valence-electron chi connectivity index (χ3n) is 2.47. The van der Waals surface area contributed by atoms with Gasteiger partial charge >= 0.3 is 0 Å². The van der Waals surface area contributed by atoms with Crippen molar-refractivity contribution >= 4 is 0 Å². The Morgan fingerprint density at radius 2 is 1.69 bits per heavy atom. The van der Waals surface area contributed by atoms with Crippen LogP contribution in [0.25, 0.3) is 10.4 Å². The molecule has 1 aliphatic carbocycles. The van der Waals surface area contributed by atoms with Crippen LogP contribution in [-0.4, -0.2) is 51.9 Å². The van der Waals surface area contributed by atoms with Crippen LogP contribution in [0.2, 0.25) is 0 Å². The van der Waals surface area contributed by atoms with E-state index in [1.807, 2.05) is 0 Å². The van der Waals surface area contributed by atoms with Crippen molar-refractivity contribution in [2.24, 2.45) is 5.11 Å². The van der Waals surface area contributed by atoms with Crippen molar-refractivity contribution in [1.82, 2.24) is 0 Å². The number of epoxide rings is 1. The van der Waals surface area contributed by atoms with Gasteiger partial charge in [0, 0.05) is 4.91 Å². The number of aliphatic hydroxyl groups is 3. The van der Waals surface area contributed by atoms with E-state index in [1.54, 1.807) is 0 Å². The monoisotopic (exact) mass is 187 g/mol. The summed E-state index contributed by atoms with van der Waals surface area (Å²) in [6, 6.07) is -1.02. The third-order valence-corrected chi connectivity index (χ3v) is 2.47. The molecule has 0 spiro atoms. The lowest BCUT2D eigenvalue weighted by Gasteiger charge is -2.29. The number of ether oxygens (including phenoxy) is 1. The van der Waals surface area contributed by atoms with Crippen molar-refractivity contribution in [3.8, 4) is 0 Å². The van der Waals surface area contributed by atoms with Crippen molar-refractivity contribution < 1.29 is 20.1 Å². The van der Waals surface area contributed by atoms with Gasteiger partial charge in [0.05, 0.1) is 18.2 Å². The number of rotatable bonds is 1. The minimum atomic E-state index is -1.25. The van der Waals surface area contributed by atoms with Crippen LogP contribution in [0.1, 0.15) is 0 Å². The molecule has 0 aromatic carbocycles. The summed E-state index contributed by atoms with van der Waals surface area (Å²) in [5.74, 6) is 0. The van der Waals surface area contributed by atoms with Crippen molar-refractivity contribution in [3.05, 3.63) is 10.4 Å². The van der Waals surface area contributed by atoms with Crippen LogP contribution in [0.15, 0.2) is 5.11 Å². The maximum atomic E-state index is 9.44. The number of fused-ring (bicyclic) bond motifs is 1. The Bertz CT molecular complexity index is 267. The normalized spacial score (nSPS) is 53.5. The summed E-state index contributed by atoms with van der Waals surface area (Å²) < 4.78 is 4.91. The third kappa shape index (κ3) is 1.18. The fraction of sp³-hybridized carbons (Fsp3) is 1.00. The van der Waals surface area contributed by atoms with Crippen molar-refractivity contribution in [2.45, 2.75) is 36.6 Å². The molecule has 1 saturated carbocycles. The van der Waals surface area contributed by atoms with Gasteiger partial charge in [-0.15, -0.1) is 0 Å². The summed E-state index contributed by atoms with van der Waals surface area (Å²) in [7, 11) is 0. The number of hydrogen-bond donors (Lipinski definition) is 3. The highest BCUT2D eigenvalue weighted by atomic mass is 16.6. The Morgan fingerprint density at radius 1 is 1.08 bits per heavy atom. The van der Waals surface area contributed by atoms with Gasteiger partial charge in [-0.25, -0.2) is 0 Å². The maximum absolute atomic E-state index is 9.44. The first-order valence-corrected chi connectivity index (χ1v) is 3.90. The average molecular weight is 187 g/mol. The molecule has 0 radical (unpaired) electrons. The van der Waals surface area contributed by atoms with E-state index < -0.39 is 36.6 Å². The Hall–Kier alpha value is -0.850. The molecule has 2 fully saturated rings. The van der Waals surface area contributed by atoms with Gasteiger partial charge in [-0.1, -0.05) is 5.11 Å². The van der Waals surface area contributed by atoms with Gasteiger partial charge in [-0.05, 0) is 5.53 Å². The highest BCUT2D eigenvalue weighted by molar-refractivity contribution is 5.10. The fourth-order valence-electron chi connectivity index (χ4n) is 1.67. The first kappa shape index (κ1) is 8.74. The Labute approximate surface area is 73.2 Å². The zero-order chi connectivity index (χ0) is 9.59. The molecule has 0 amide bonds. The van der Waals surface area contributed by atoms with Crippen LogP contribution in [0, 0.1) is 0 Å². The second-order valence-corrected chi connectivity index (χ2v) is 3.23. The molecule has 0 aromatic rings. The standard InChI is InChI=1S/C6H9N3O4/c7-9-8-1-2(10)4(12)6-5(13-6)3(1)11/h1-6,10-12H. The highest BCUT2D eigenvalue weighted by Crippen LogP contribution is 2.38. The highest BCUT2D eigenvalue weighted by Gasteiger charge is 2.59. The van der Waals surface area contributed by atoms with Crippen molar-refractivity contribution in [2.75, 3.05) is 0 Å². The smallest absolute Gasteiger partial charge is 0.115 e. The molecule has 2 aliphatic rings. The van der Waals surface area contributed by atoms with E-state index in [2.05, 4.69) is 10.0 Å². The number of aliphatic hydroxyl groups excluding tert-OH is 3. The van der Waals surface area contributed by atoms with Gasteiger partial charge in [-0.2, -0.15) is 0 Å². The Balaban J connectivity index is 2.19. The van der Waals surface area contributed by atoms with Gasteiger partial charge in [0.2, 0.25) is 0 Å². The van der Waals surface area contributed by atoms with E-state index in [1.165, 1.54) is 0 Å². The van der Waals surface area contributed by atoms with E-state index in [0.29, 0.717) is 0 Å². The minimum Gasteiger partial charge on any atom is -0.390 e. The molecular weight excluding hydrogens is 178 g/mol. The summed E-state index contributed by atoms with van der Waals surface area (Å²) in [4.78, 5) is 2.49. The van der Waals surface area contributed by atoms with E-state index in [-0.39, 0.29) is 0 Å². The molecule has 3 N–H and O–H groups in total. The zero-order valence-corrected chi connectivity index (χ0v) is 6.56. The summed E-state index contributed by atoms with van der Waals surface area (Å²) in [5.41, 5.74) is 8.15. The van der Waals surface area contributed by atoms with Gasteiger partial charge in [0.15, 0.2) is 0 Å². The number of azide groups is 1. The van der Waals surface area contributed by atoms with E-state index >= 15 is 0 Å². The van der Waals surface area contributed by atoms with E-state index in [0.717, 1.165) is 0 Å². The van der Waals surface area contributed by atoms with E-state index in [4.69, 9.17) is 10.3 Å². The molecule has 72 valence electrons. The average Bonchev–Trinajstić information content (AvgIpc) is 2.88. The SMILES string of the molecule is [N-]=[N+]=NC1C(O)C(O)C2OC2C1O. The summed E-state index contributed by atoms with van der Waals surface area (Å²) in [6.45, 7) is 0. The van der Waals surface area contributed by atoms with Gasteiger partial charge in [-0.3, -0.25) is 0 Å². The first-order chi connectivity index (χ1) is 6.16. The second kappa shape index (κ2) is 2.83. The summed E-state index contributed by atoms with van der Waals surface area (Å²) in [6.07, 6.45) is -4.39. The lowest BCUT2D eigenvalue weighted by Crippen LogP contribution is -2.52. The van der Waals surface area contributed by atoms with Crippen LogP contribution in [0.4, 0.5) is 0 Å².